The van der Waals surface area contributed by atoms with E-state index < -0.39 is 17.3 Å². The average Bonchev–Trinajstić information content (AvgIpc) is 2.79. The molecule has 1 aromatic heterocycles. The van der Waals surface area contributed by atoms with Crippen molar-refractivity contribution >= 4 is 52.2 Å². The van der Waals surface area contributed by atoms with Gasteiger partial charge < -0.3 is 14.7 Å². The summed E-state index contributed by atoms with van der Waals surface area (Å²) in [6, 6.07) is 17.3. The van der Waals surface area contributed by atoms with E-state index in [1.807, 2.05) is 37.3 Å². The molecule has 2 heterocycles. The number of aromatic nitrogens is 1. The van der Waals surface area contributed by atoms with Gasteiger partial charge in [0.1, 0.15) is 11.4 Å². The molecule has 8 nitrogen and oxygen atoms in total. The minimum Gasteiger partial charge on any atom is -0.588 e. The summed E-state index contributed by atoms with van der Waals surface area (Å²) in [5.41, 5.74) is 4.08. The first kappa shape index (κ1) is 21.0. The van der Waals surface area contributed by atoms with E-state index in [1.165, 1.54) is 18.0 Å². The number of fused-ring (bicyclic) bond motifs is 1. The van der Waals surface area contributed by atoms with E-state index in [2.05, 4.69) is 20.5 Å². The van der Waals surface area contributed by atoms with Crippen LogP contribution < -0.4 is 15.5 Å². The summed E-state index contributed by atoms with van der Waals surface area (Å²) in [6.45, 7) is 1.82. The second-order valence-corrected chi connectivity index (χ2v) is 9.16. The molecule has 2 aromatic carbocycles. The van der Waals surface area contributed by atoms with Gasteiger partial charge in [-0.15, -0.1) is 11.8 Å². The Labute approximate surface area is 186 Å². The van der Waals surface area contributed by atoms with Crippen molar-refractivity contribution in [2.45, 2.75) is 22.0 Å². The fraction of sp³-hybridized carbons (Fsp3) is 0.0952. The zero-order chi connectivity index (χ0) is 21.8. The van der Waals surface area contributed by atoms with Gasteiger partial charge in [-0.25, -0.2) is 20.0 Å². The molecule has 0 saturated heterocycles. The number of amides is 1. The Bertz CT molecular complexity index is 1100. The highest BCUT2D eigenvalue weighted by Crippen LogP contribution is 2.36. The number of nitrogens with one attached hydrogen (secondary N) is 3. The van der Waals surface area contributed by atoms with Gasteiger partial charge in [-0.3, -0.25) is 4.79 Å². The van der Waals surface area contributed by atoms with Gasteiger partial charge in [0, 0.05) is 11.0 Å². The van der Waals surface area contributed by atoms with Crippen LogP contribution in [0.2, 0.25) is 0 Å². The first-order valence-corrected chi connectivity index (χ1v) is 11.3. The second kappa shape index (κ2) is 9.29. The third kappa shape index (κ3) is 5.10. The van der Waals surface area contributed by atoms with Gasteiger partial charge in [0.15, 0.2) is 10.7 Å². The smallest absolute Gasteiger partial charge is 0.362 e. The monoisotopic (exact) mass is 454 g/mol. The van der Waals surface area contributed by atoms with Crippen LogP contribution in [0.25, 0.3) is 0 Å². The maximum absolute atomic E-state index is 12.4. The molecule has 10 heteroatoms. The van der Waals surface area contributed by atoms with Crippen LogP contribution in [0.5, 0.6) is 0 Å². The van der Waals surface area contributed by atoms with Gasteiger partial charge >= 0.3 is 5.97 Å². The van der Waals surface area contributed by atoms with Crippen LogP contribution in [0.3, 0.4) is 0 Å². The Morgan fingerprint density at radius 3 is 2.74 bits per heavy atom. The van der Waals surface area contributed by atoms with Crippen LogP contribution in [0.15, 0.2) is 76.7 Å². The van der Waals surface area contributed by atoms with Crippen LogP contribution in [0.1, 0.15) is 17.3 Å². The molecule has 31 heavy (non-hydrogen) atoms. The first-order chi connectivity index (χ1) is 15.0. The third-order valence-corrected chi connectivity index (χ3v) is 6.60. The van der Waals surface area contributed by atoms with Gasteiger partial charge in [-0.05, 0) is 43.3 Å². The second-order valence-electron chi connectivity index (χ2n) is 6.57. The van der Waals surface area contributed by atoms with E-state index in [-0.39, 0.29) is 22.5 Å². The Kier molecular flexibility index (Phi) is 6.31. The van der Waals surface area contributed by atoms with E-state index in [1.54, 1.807) is 30.3 Å². The summed E-state index contributed by atoms with van der Waals surface area (Å²) in [5.74, 6) is -0.449. The van der Waals surface area contributed by atoms with Crippen molar-refractivity contribution in [3.63, 3.8) is 0 Å². The van der Waals surface area contributed by atoms with Crippen molar-refractivity contribution in [1.29, 1.82) is 0 Å². The van der Waals surface area contributed by atoms with Crippen molar-refractivity contribution in [1.82, 2.24) is 4.98 Å². The molecule has 0 aliphatic carbocycles. The quantitative estimate of drug-likeness (QED) is 0.380. The number of thioether (sulfide) groups is 1. The van der Waals surface area contributed by atoms with Gasteiger partial charge in [0.05, 0.1) is 28.4 Å². The molecule has 0 spiro atoms. The number of carbonyl (C=O) groups excluding carboxylic acids is 2. The lowest BCUT2D eigenvalue weighted by molar-refractivity contribution is -0.115. The highest BCUT2D eigenvalue weighted by atomic mass is 32.2. The number of rotatable bonds is 6. The molecular formula is C21H18N4O4S2. The van der Waals surface area contributed by atoms with Gasteiger partial charge in [0.2, 0.25) is 5.91 Å². The van der Waals surface area contributed by atoms with Crippen LogP contribution in [-0.2, 0) is 21.0 Å². The zero-order valence-corrected chi connectivity index (χ0v) is 18.0. The Morgan fingerprint density at radius 2 is 2.00 bits per heavy atom. The number of benzene rings is 2. The van der Waals surface area contributed by atoms with Crippen molar-refractivity contribution < 1.29 is 19.0 Å². The largest absolute Gasteiger partial charge is 0.588 e. The predicted molar refractivity (Wildman–Crippen MR) is 120 cm³/mol. The fourth-order valence-electron chi connectivity index (χ4n) is 2.72. The van der Waals surface area contributed by atoms with E-state index in [9.17, 15) is 14.1 Å². The molecule has 1 amide bonds. The highest BCUT2D eigenvalue weighted by Gasteiger charge is 2.24. The van der Waals surface area contributed by atoms with Crippen molar-refractivity contribution in [2.24, 2.45) is 0 Å². The van der Waals surface area contributed by atoms with Crippen LogP contribution in [0, 0.1) is 0 Å². The minimum atomic E-state index is -1.48. The number of hydrogen-bond acceptors (Lipinski definition) is 8. The molecule has 0 radical (unpaired) electrons. The van der Waals surface area contributed by atoms with E-state index in [0.29, 0.717) is 10.6 Å². The van der Waals surface area contributed by atoms with Crippen LogP contribution >= 0.6 is 11.8 Å². The lowest BCUT2D eigenvalue weighted by Gasteiger charge is -2.21. The van der Waals surface area contributed by atoms with E-state index >= 15 is 0 Å². The lowest BCUT2D eigenvalue weighted by atomic mass is 10.2. The number of nitrogens with zero attached hydrogens (tertiary/aromatic N) is 1. The number of carbonyl (C=O) groups is 2. The van der Waals surface area contributed by atoms with Gasteiger partial charge in [-0.1, -0.05) is 18.2 Å². The number of para-hydroxylation sites is 1. The topological polar surface area (TPSA) is 115 Å². The molecule has 2 unspecified atom stereocenters. The van der Waals surface area contributed by atoms with Gasteiger partial charge in [0.25, 0.3) is 0 Å². The van der Waals surface area contributed by atoms with Crippen molar-refractivity contribution in [3.8, 4) is 0 Å². The Balaban J connectivity index is 1.34. The highest BCUT2D eigenvalue weighted by molar-refractivity contribution is 8.01. The lowest BCUT2D eigenvalue weighted by Crippen LogP contribution is -2.26. The van der Waals surface area contributed by atoms with Crippen molar-refractivity contribution in [2.75, 3.05) is 15.5 Å². The molecule has 1 aliphatic heterocycles. The van der Waals surface area contributed by atoms with Crippen LogP contribution in [-0.4, -0.2) is 26.7 Å². The predicted octanol–water partition coefficient (Wildman–Crippen LogP) is 3.83. The van der Waals surface area contributed by atoms with E-state index in [0.717, 1.165) is 10.6 Å². The average molecular weight is 455 g/mol. The van der Waals surface area contributed by atoms with Crippen LogP contribution in [0.4, 0.5) is 17.2 Å². The maximum atomic E-state index is 12.4. The summed E-state index contributed by atoms with van der Waals surface area (Å²) in [6.07, 6.45) is 1.43. The Hall–Kier alpha value is -3.21. The third-order valence-electron chi connectivity index (χ3n) is 4.33. The Morgan fingerprint density at radius 1 is 1.19 bits per heavy atom. The van der Waals surface area contributed by atoms with E-state index in [4.69, 9.17) is 4.84 Å². The molecule has 2 atom stereocenters. The SMILES string of the molecule is CC1Sc2ccc(C(=O)ONc3ccc([S+]([O-])Nc4ccccc4)cn3)cc2NC1=O. The number of pyridine rings is 1. The summed E-state index contributed by atoms with van der Waals surface area (Å²) < 4.78 is 15.2. The molecule has 3 aromatic rings. The summed E-state index contributed by atoms with van der Waals surface area (Å²) in [7, 11) is 0. The molecule has 158 valence electrons. The zero-order valence-electron chi connectivity index (χ0n) is 16.3. The molecule has 4 rings (SSSR count). The fourth-order valence-corrected chi connectivity index (χ4v) is 4.45. The normalized spacial score (nSPS) is 15.9. The maximum Gasteiger partial charge on any atom is 0.362 e. The number of anilines is 3. The molecule has 0 bridgehead atoms. The molecule has 1 aliphatic rings. The molecule has 0 saturated carbocycles. The van der Waals surface area contributed by atoms with Gasteiger partial charge in [-0.2, -0.15) is 0 Å². The standard InChI is InChI=1S/C21H18N4O4S2/c1-13-20(26)23-17-11-14(7-9-18(17)30-13)21(27)29-24-19-10-8-16(12-22-19)31(28)25-15-5-3-2-4-6-15/h2-13,25H,1H3,(H,22,24)(H,23,26). The summed E-state index contributed by atoms with van der Waals surface area (Å²) in [5, 5.41) is 2.60. The molecular weight excluding hydrogens is 436 g/mol. The summed E-state index contributed by atoms with van der Waals surface area (Å²) >= 11 is -0.0419. The molecule has 3 N–H and O–H groups in total. The number of hydrogen-bond donors (Lipinski definition) is 3. The minimum absolute atomic E-state index is 0.107. The molecule has 0 fully saturated rings. The first-order valence-electron chi connectivity index (χ1n) is 9.28. The summed E-state index contributed by atoms with van der Waals surface area (Å²) in [4.78, 5) is 34.7. The van der Waals surface area contributed by atoms with Crippen molar-refractivity contribution in [3.05, 3.63) is 72.4 Å².